The summed E-state index contributed by atoms with van der Waals surface area (Å²) >= 11 is 0. The van der Waals surface area contributed by atoms with Crippen LogP contribution in [0, 0.1) is 17.2 Å². The Labute approximate surface area is 183 Å². The molecular weight excluding hydrogens is 392 g/mol. The van der Waals surface area contributed by atoms with Gasteiger partial charge in [0.2, 0.25) is 5.96 Å². The van der Waals surface area contributed by atoms with Gasteiger partial charge in [0.05, 0.1) is 11.6 Å². The molecule has 3 heterocycles. The summed E-state index contributed by atoms with van der Waals surface area (Å²) in [7, 11) is 2.12. The van der Waals surface area contributed by atoms with Crippen molar-refractivity contribution in [2.45, 2.75) is 26.7 Å². The molecule has 9 nitrogen and oxygen atoms in total. The van der Waals surface area contributed by atoms with Crippen molar-refractivity contribution in [3.8, 4) is 6.07 Å². The highest BCUT2D eigenvalue weighted by Gasteiger charge is 2.24. The number of aromatic nitrogens is 1. The van der Waals surface area contributed by atoms with Crippen molar-refractivity contribution >= 4 is 23.5 Å². The number of nitrogens with zero attached hydrogens (tertiary/aromatic N) is 6. The summed E-state index contributed by atoms with van der Waals surface area (Å²) < 4.78 is 0. The van der Waals surface area contributed by atoms with E-state index in [2.05, 4.69) is 52.4 Å². The molecule has 1 fully saturated rings. The van der Waals surface area contributed by atoms with E-state index in [1.54, 1.807) is 18.3 Å². The zero-order valence-electron chi connectivity index (χ0n) is 18.4. The summed E-state index contributed by atoms with van der Waals surface area (Å²) in [5.41, 5.74) is 1.44. The number of allylic oxidation sites excluding steroid dienone is 1. The monoisotopic (exact) mass is 422 g/mol. The predicted octanol–water partition coefficient (Wildman–Crippen LogP) is 1.89. The molecule has 9 heteroatoms. The standard InChI is InChI=1S/C22H30N8O/c1-4-16-15-17(5-2)26-22(30-13-11-29(3)12-14-30)28-19(16)27-20-18(7-6-9-24-20)21(31)25-10-8-23/h6-7,9,15-16H,4-5,10-14H2,1-3H3,(H,25,31)(H,24,26,27,28). The average molecular weight is 423 g/mol. The van der Waals surface area contributed by atoms with Crippen molar-refractivity contribution in [2.24, 2.45) is 15.9 Å². The molecule has 0 bridgehead atoms. The molecular formula is C22H30N8O. The Balaban J connectivity index is 2.01. The number of guanidine groups is 1. The Bertz CT molecular complexity index is 922. The molecule has 1 saturated heterocycles. The summed E-state index contributed by atoms with van der Waals surface area (Å²) in [6.45, 7) is 7.85. The number of nitriles is 1. The van der Waals surface area contributed by atoms with Gasteiger partial charge in [0, 0.05) is 44.0 Å². The first-order valence-corrected chi connectivity index (χ1v) is 10.7. The van der Waals surface area contributed by atoms with Crippen LogP contribution in [0.25, 0.3) is 0 Å². The lowest BCUT2D eigenvalue weighted by molar-refractivity contribution is 0.0959. The molecule has 2 N–H and O–H groups in total. The van der Waals surface area contributed by atoms with Crippen LogP contribution in [0.1, 0.15) is 37.0 Å². The van der Waals surface area contributed by atoms with Gasteiger partial charge in [-0.15, -0.1) is 0 Å². The number of hydrogen-bond donors (Lipinski definition) is 2. The van der Waals surface area contributed by atoms with Gasteiger partial charge in [0.25, 0.3) is 5.91 Å². The van der Waals surface area contributed by atoms with Crippen molar-refractivity contribution in [1.82, 2.24) is 25.4 Å². The van der Waals surface area contributed by atoms with Crippen molar-refractivity contribution in [3.63, 3.8) is 0 Å². The summed E-state index contributed by atoms with van der Waals surface area (Å²) in [4.78, 5) is 31.0. The molecule has 3 rings (SSSR count). The summed E-state index contributed by atoms with van der Waals surface area (Å²) in [5, 5.41) is 14.8. The van der Waals surface area contributed by atoms with Gasteiger partial charge in [-0.2, -0.15) is 10.3 Å². The van der Waals surface area contributed by atoms with Gasteiger partial charge in [-0.1, -0.05) is 19.9 Å². The van der Waals surface area contributed by atoms with Crippen LogP contribution in [0.2, 0.25) is 0 Å². The van der Waals surface area contributed by atoms with E-state index >= 15 is 0 Å². The third kappa shape index (κ3) is 5.67. The Morgan fingerprint density at radius 3 is 2.81 bits per heavy atom. The SMILES string of the molecule is CCC1=CC(CC)C(=Nc2ncccc2C(=O)NCC#N)N=C(N2CCN(C)CC2)N1. The van der Waals surface area contributed by atoms with E-state index < -0.39 is 0 Å². The van der Waals surface area contributed by atoms with E-state index in [1.165, 1.54) is 0 Å². The van der Waals surface area contributed by atoms with Gasteiger partial charge in [-0.05, 0) is 32.0 Å². The quantitative estimate of drug-likeness (QED) is 0.702. The molecule has 31 heavy (non-hydrogen) atoms. The maximum Gasteiger partial charge on any atom is 0.255 e. The smallest absolute Gasteiger partial charge is 0.255 e. The minimum Gasteiger partial charge on any atom is -0.340 e. The molecule has 1 unspecified atom stereocenters. The van der Waals surface area contributed by atoms with Gasteiger partial charge < -0.3 is 20.4 Å². The fourth-order valence-electron chi connectivity index (χ4n) is 3.49. The topological polar surface area (TPSA) is 109 Å². The Morgan fingerprint density at radius 1 is 1.35 bits per heavy atom. The Kier molecular flexibility index (Phi) is 7.73. The molecule has 0 spiro atoms. The molecule has 1 aromatic rings. The lowest BCUT2D eigenvalue weighted by atomic mass is 10.0. The molecule has 0 saturated carbocycles. The Hall–Kier alpha value is -3.25. The van der Waals surface area contributed by atoms with Crippen LogP contribution in [-0.4, -0.2) is 72.3 Å². The number of likely N-dealkylation sites (N-methyl/N-ethyl adjacent to an activating group) is 1. The predicted molar refractivity (Wildman–Crippen MR) is 121 cm³/mol. The van der Waals surface area contributed by atoms with Crippen LogP contribution in [0.5, 0.6) is 0 Å². The molecule has 1 amide bonds. The zero-order valence-corrected chi connectivity index (χ0v) is 18.4. The first kappa shape index (κ1) is 22.4. The van der Waals surface area contributed by atoms with Gasteiger partial charge in [0.1, 0.15) is 12.4 Å². The maximum absolute atomic E-state index is 12.5. The number of amidine groups is 1. The van der Waals surface area contributed by atoms with E-state index in [9.17, 15) is 4.79 Å². The first-order valence-electron chi connectivity index (χ1n) is 10.7. The summed E-state index contributed by atoms with van der Waals surface area (Å²) in [5.74, 6) is 1.36. The largest absolute Gasteiger partial charge is 0.340 e. The second-order valence-corrected chi connectivity index (χ2v) is 7.60. The van der Waals surface area contributed by atoms with Crippen LogP contribution in [-0.2, 0) is 0 Å². The zero-order chi connectivity index (χ0) is 22.2. The molecule has 1 atom stereocenters. The normalized spacial score (nSPS) is 20.9. The van der Waals surface area contributed by atoms with Crippen molar-refractivity contribution in [1.29, 1.82) is 5.26 Å². The Morgan fingerprint density at radius 2 is 2.13 bits per heavy atom. The van der Waals surface area contributed by atoms with Crippen LogP contribution < -0.4 is 10.6 Å². The summed E-state index contributed by atoms with van der Waals surface area (Å²) in [6.07, 6.45) is 5.47. The van der Waals surface area contributed by atoms with E-state index in [1.807, 2.05) is 6.07 Å². The number of hydrogen-bond acceptors (Lipinski definition) is 7. The van der Waals surface area contributed by atoms with Crippen molar-refractivity contribution < 1.29 is 4.79 Å². The van der Waals surface area contributed by atoms with Crippen molar-refractivity contribution in [3.05, 3.63) is 35.7 Å². The van der Waals surface area contributed by atoms with Crippen molar-refractivity contribution in [2.75, 3.05) is 39.8 Å². The van der Waals surface area contributed by atoms with Gasteiger partial charge in [0.15, 0.2) is 5.82 Å². The molecule has 0 aromatic carbocycles. The molecule has 2 aliphatic rings. The number of nitrogens with one attached hydrogen (secondary N) is 2. The first-order chi connectivity index (χ1) is 15.0. The lowest BCUT2D eigenvalue weighted by Crippen LogP contribution is -2.51. The number of rotatable bonds is 5. The average Bonchev–Trinajstić information content (AvgIpc) is 2.97. The van der Waals surface area contributed by atoms with Gasteiger partial charge in [-0.25, -0.2) is 9.98 Å². The number of amides is 1. The van der Waals surface area contributed by atoms with Crippen LogP contribution >= 0.6 is 0 Å². The highest BCUT2D eigenvalue weighted by atomic mass is 16.1. The lowest BCUT2D eigenvalue weighted by Gasteiger charge is -2.34. The second kappa shape index (κ2) is 10.7. The van der Waals surface area contributed by atoms with Crippen LogP contribution in [0.15, 0.2) is 40.1 Å². The summed E-state index contributed by atoms with van der Waals surface area (Å²) in [6, 6.07) is 5.26. The third-order valence-corrected chi connectivity index (χ3v) is 5.43. The number of carbonyl (C=O) groups excluding carboxylic acids is 1. The third-order valence-electron chi connectivity index (χ3n) is 5.43. The van der Waals surface area contributed by atoms with Crippen LogP contribution in [0.3, 0.4) is 0 Å². The minimum atomic E-state index is -0.373. The fourth-order valence-corrected chi connectivity index (χ4v) is 3.49. The van der Waals surface area contributed by atoms with E-state index in [0.29, 0.717) is 17.2 Å². The molecule has 2 aliphatic heterocycles. The fraction of sp³-hybridized carbons (Fsp3) is 0.500. The van der Waals surface area contributed by atoms with E-state index in [-0.39, 0.29) is 18.4 Å². The number of pyridine rings is 1. The number of aliphatic imine (C=N–C) groups is 2. The molecule has 1 aromatic heterocycles. The number of piperazine rings is 1. The highest BCUT2D eigenvalue weighted by Crippen LogP contribution is 2.22. The maximum atomic E-state index is 12.5. The van der Waals surface area contributed by atoms with Crippen LogP contribution in [0.4, 0.5) is 5.82 Å². The number of carbonyl (C=O) groups is 1. The minimum absolute atomic E-state index is 0.00411. The molecule has 0 aliphatic carbocycles. The van der Waals surface area contributed by atoms with Gasteiger partial charge in [-0.3, -0.25) is 4.79 Å². The van der Waals surface area contributed by atoms with Gasteiger partial charge >= 0.3 is 0 Å². The molecule has 0 radical (unpaired) electrons. The second-order valence-electron chi connectivity index (χ2n) is 7.60. The highest BCUT2D eigenvalue weighted by molar-refractivity contribution is 6.03. The molecule has 164 valence electrons. The van der Waals surface area contributed by atoms with E-state index in [0.717, 1.165) is 50.7 Å². The van der Waals surface area contributed by atoms with E-state index in [4.69, 9.17) is 15.2 Å².